The zero-order valence-corrected chi connectivity index (χ0v) is 9.04. The van der Waals surface area contributed by atoms with Crippen LogP contribution in [0.2, 0.25) is 0 Å². The molecule has 1 aromatic heterocycles. The molecular weight excluding hydrogens is 176 g/mol. The molecule has 4 nitrogen and oxygen atoms in total. The summed E-state index contributed by atoms with van der Waals surface area (Å²) in [7, 11) is 1.92. The lowest BCUT2D eigenvalue weighted by Crippen LogP contribution is -2.30. The first-order valence-electron chi connectivity index (χ1n) is 4.74. The quantitative estimate of drug-likeness (QED) is 0.428. The highest BCUT2D eigenvalue weighted by molar-refractivity contribution is 5.21. The lowest BCUT2D eigenvalue weighted by Gasteiger charge is -2.15. The Kier molecular flexibility index (Phi) is 3.43. The second kappa shape index (κ2) is 4.39. The maximum absolute atomic E-state index is 5.47. The first kappa shape index (κ1) is 10.9. The van der Waals surface area contributed by atoms with Crippen LogP contribution >= 0.6 is 0 Å². The predicted molar refractivity (Wildman–Crippen MR) is 57.5 cm³/mol. The molecule has 0 aromatic carbocycles. The van der Waals surface area contributed by atoms with Crippen molar-refractivity contribution in [2.75, 3.05) is 0 Å². The number of aryl methyl sites for hydroxylation is 2. The highest BCUT2D eigenvalue weighted by atomic mass is 15.3. The topological polar surface area (TPSA) is 55.9 Å². The average molecular weight is 194 g/mol. The number of hydrogen-bond acceptors (Lipinski definition) is 3. The van der Waals surface area contributed by atoms with Gasteiger partial charge in [-0.25, -0.2) is 5.43 Å². The first-order chi connectivity index (χ1) is 6.60. The Morgan fingerprint density at radius 2 is 2.43 bits per heavy atom. The van der Waals surface area contributed by atoms with Crippen molar-refractivity contribution in [3.05, 3.63) is 29.6 Å². The van der Waals surface area contributed by atoms with Gasteiger partial charge in [-0.2, -0.15) is 5.10 Å². The van der Waals surface area contributed by atoms with Crippen LogP contribution in [0.4, 0.5) is 0 Å². The van der Waals surface area contributed by atoms with Crippen molar-refractivity contribution in [1.82, 2.24) is 15.2 Å². The van der Waals surface area contributed by atoms with Crippen molar-refractivity contribution in [3.63, 3.8) is 0 Å². The van der Waals surface area contributed by atoms with Gasteiger partial charge in [-0.15, -0.1) is 0 Å². The minimum atomic E-state index is -0.0206. The molecular formula is C10H18N4. The van der Waals surface area contributed by atoms with Gasteiger partial charge in [0.05, 0.1) is 17.4 Å². The van der Waals surface area contributed by atoms with Crippen molar-refractivity contribution < 1.29 is 0 Å². The third kappa shape index (κ3) is 2.02. The molecule has 0 fully saturated rings. The maximum atomic E-state index is 5.47. The van der Waals surface area contributed by atoms with Gasteiger partial charge in [0.1, 0.15) is 0 Å². The predicted octanol–water partition coefficient (Wildman–Crippen LogP) is 1.06. The molecule has 0 radical (unpaired) electrons. The standard InChI is InChI=1S/C10H18N4/c1-5-8-6-9(14(4)13-8)10(12-11)7(2)3/h6,10,12H,2,5,11H2,1,3-4H3. The Hall–Kier alpha value is -1.13. The van der Waals surface area contributed by atoms with Crippen molar-refractivity contribution in [2.45, 2.75) is 26.3 Å². The largest absolute Gasteiger partial charge is 0.271 e. The van der Waals surface area contributed by atoms with Gasteiger partial charge in [0.15, 0.2) is 0 Å². The number of nitrogens with one attached hydrogen (secondary N) is 1. The molecule has 0 saturated carbocycles. The minimum Gasteiger partial charge on any atom is -0.271 e. The van der Waals surface area contributed by atoms with Crippen LogP contribution in [0.25, 0.3) is 0 Å². The van der Waals surface area contributed by atoms with Gasteiger partial charge < -0.3 is 0 Å². The number of rotatable bonds is 4. The van der Waals surface area contributed by atoms with Gasteiger partial charge in [-0.1, -0.05) is 19.1 Å². The minimum absolute atomic E-state index is 0.0206. The fourth-order valence-corrected chi connectivity index (χ4v) is 1.47. The van der Waals surface area contributed by atoms with Crippen LogP contribution < -0.4 is 11.3 Å². The van der Waals surface area contributed by atoms with Crippen molar-refractivity contribution >= 4 is 0 Å². The fraction of sp³-hybridized carbons (Fsp3) is 0.500. The first-order valence-corrected chi connectivity index (χ1v) is 4.74. The Balaban J connectivity index is 3.03. The molecule has 78 valence electrons. The molecule has 1 heterocycles. The van der Waals surface area contributed by atoms with E-state index in [2.05, 4.69) is 30.1 Å². The second-order valence-corrected chi connectivity index (χ2v) is 3.48. The number of nitrogens with zero attached hydrogens (tertiary/aromatic N) is 2. The molecule has 4 heteroatoms. The molecule has 3 N–H and O–H groups in total. The molecule has 0 spiro atoms. The number of hydrogen-bond donors (Lipinski definition) is 2. The molecule has 0 amide bonds. The average Bonchev–Trinajstić information content (AvgIpc) is 2.48. The van der Waals surface area contributed by atoms with E-state index in [1.165, 1.54) is 0 Å². The van der Waals surface area contributed by atoms with Crippen LogP contribution in [-0.4, -0.2) is 9.78 Å². The van der Waals surface area contributed by atoms with Crippen molar-refractivity contribution in [1.29, 1.82) is 0 Å². The summed E-state index contributed by atoms with van der Waals surface area (Å²) in [5.41, 5.74) is 5.85. The summed E-state index contributed by atoms with van der Waals surface area (Å²) in [4.78, 5) is 0. The van der Waals surface area contributed by atoms with Crippen LogP contribution in [0.1, 0.15) is 31.3 Å². The molecule has 1 aromatic rings. The molecule has 14 heavy (non-hydrogen) atoms. The van der Waals surface area contributed by atoms with E-state index in [1.807, 2.05) is 18.7 Å². The van der Waals surface area contributed by atoms with E-state index in [-0.39, 0.29) is 6.04 Å². The lowest BCUT2D eigenvalue weighted by atomic mass is 10.1. The van der Waals surface area contributed by atoms with Gasteiger partial charge in [-0.3, -0.25) is 10.5 Å². The summed E-state index contributed by atoms with van der Waals surface area (Å²) in [6.45, 7) is 7.92. The van der Waals surface area contributed by atoms with Crippen LogP contribution in [0, 0.1) is 0 Å². The summed E-state index contributed by atoms with van der Waals surface area (Å²) in [6.07, 6.45) is 0.932. The monoisotopic (exact) mass is 194 g/mol. The van der Waals surface area contributed by atoms with Gasteiger partial charge in [0.25, 0.3) is 0 Å². The highest BCUT2D eigenvalue weighted by Gasteiger charge is 2.15. The number of hydrazine groups is 1. The second-order valence-electron chi connectivity index (χ2n) is 3.48. The van der Waals surface area contributed by atoms with E-state index >= 15 is 0 Å². The fourth-order valence-electron chi connectivity index (χ4n) is 1.47. The van der Waals surface area contributed by atoms with Crippen molar-refractivity contribution in [3.8, 4) is 0 Å². The number of nitrogens with two attached hydrogens (primary N) is 1. The summed E-state index contributed by atoms with van der Waals surface area (Å²) in [5, 5.41) is 4.36. The molecule has 0 aliphatic carbocycles. The van der Waals surface area contributed by atoms with Crippen LogP contribution in [-0.2, 0) is 13.5 Å². The zero-order valence-electron chi connectivity index (χ0n) is 9.04. The van der Waals surface area contributed by atoms with Gasteiger partial charge in [0, 0.05) is 7.05 Å². The number of aromatic nitrogens is 2. The molecule has 0 aliphatic heterocycles. The lowest BCUT2D eigenvalue weighted by molar-refractivity contribution is 0.567. The van der Waals surface area contributed by atoms with Crippen LogP contribution in [0.3, 0.4) is 0 Å². The Morgan fingerprint density at radius 1 is 1.79 bits per heavy atom. The van der Waals surface area contributed by atoms with Gasteiger partial charge in [0.2, 0.25) is 0 Å². The Morgan fingerprint density at radius 3 is 2.79 bits per heavy atom. The van der Waals surface area contributed by atoms with E-state index in [4.69, 9.17) is 5.84 Å². The third-order valence-electron chi connectivity index (χ3n) is 2.28. The van der Waals surface area contributed by atoms with Crippen LogP contribution in [0.5, 0.6) is 0 Å². The van der Waals surface area contributed by atoms with E-state index in [9.17, 15) is 0 Å². The Bertz CT molecular complexity index is 327. The smallest absolute Gasteiger partial charge is 0.0833 e. The summed E-state index contributed by atoms with van der Waals surface area (Å²) < 4.78 is 1.85. The summed E-state index contributed by atoms with van der Waals surface area (Å²) in [6, 6.07) is 2.03. The third-order valence-corrected chi connectivity index (χ3v) is 2.28. The SMILES string of the molecule is C=C(C)C(NN)c1cc(CC)nn1C. The highest BCUT2D eigenvalue weighted by Crippen LogP contribution is 2.19. The van der Waals surface area contributed by atoms with E-state index < -0.39 is 0 Å². The zero-order chi connectivity index (χ0) is 10.7. The summed E-state index contributed by atoms with van der Waals surface area (Å²) in [5.74, 6) is 5.47. The van der Waals surface area contributed by atoms with Gasteiger partial charge >= 0.3 is 0 Å². The van der Waals surface area contributed by atoms with E-state index in [0.717, 1.165) is 23.4 Å². The normalized spacial score (nSPS) is 12.9. The maximum Gasteiger partial charge on any atom is 0.0833 e. The van der Waals surface area contributed by atoms with E-state index in [1.54, 1.807) is 0 Å². The Labute approximate surface area is 84.8 Å². The molecule has 1 unspecified atom stereocenters. The van der Waals surface area contributed by atoms with Crippen LogP contribution in [0.15, 0.2) is 18.2 Å². The molecule has 0 bridgehead atoms. The molecule has 0 aliphatic rings. The van der Waals surface area contributed by atoms with Crippen molar-refractivity contribution in [2.24, 2.45) is 12.9 Å². The molecule has 1 atom stereocenters. The molecule has 0 saturated heterocycles. The van der Waals surface area contributed by atoms with E-state index in [0.29, 0.717) is 0 Å². The summed E-state index contributed by atoms with van der Waals surface area (Å²) >= 11 is 0. The molecule has 1 rings (SSSR count). The van der Waals surface area contributed by atoms with Gasteiger partial charge in [-0.05, 0) is 19.4 Å².